The molecule has 1 aliphatic heterocycles. The number of rotatable bonds is 5. The Balaban J connectivity index is 2.66. The molecule has 1 aliphatic rings. The highest BCUT2D eigenvalue weighted by Gasteiger charge is 2.35. The molecular formula is C12H13AlFN2O5. The number of aliphatic carboxylic acids is 1. The summed E-state index contributed by atoms with van der Waals surface area (Å²) in [6, 6.07) is -1.20. The van der Waals surface area contributed by atoms with Gasteiger partial charge in [-0.15, -0.1) is 0 Å². The van der Waals surface area contributed by atoms with E-state index >= 15 is 0 Å². The third-order valence-electron chi connectivity index (χ3n) is 3.17. The van der Waals surface area contributed by atoms with Crippen LogP contribution in [0.25, 0.3) is 0 Å². The first-order chi connectivity index (χ1) is 9.92. The van der Waals surface area contributed by atoms with Crippen LogP contribution in [0.3, 0.4) is 0 Å². The molecule has 0 spiro atoms. The van der Waals surface area contributed by atoms with Crippen molar-refractivity contribution in [2.24, 2.45) is 5.73 Å². The number of nitrogens with one attached hydrogen (secondary N) is 1. The van der Waals surface area contributed by atoms with E-state index in [1.807, 2.05) is 0 Å². The van der Waals surface area contributed by atoms with E-state index < -0.39 is 33.4 Å². The summed E-state index contributed by atoms with van der Waals surface area (Å²) < 4.78 is 30.2. The number of carbonyl (C=O) groups is 1. The fourth-order valence-electron chi connectivity index (χ4n) is 2.19. The molecule has 4 N–H and O–H groups in total. The van der Waals surface area contributed by atoms with Gasteiger partial charge in [0.2, 0.25) is 5.82 Å². The van der Waals surface area contributed by atoms with Crippen molar-refractivity contribution < 1.29 is 27.6 Å². The van der Waals surface area contributed by atoms with Crippen molar-refractivity contribution in [1.29, 1.82) is 5.41 Å². The third kappa shape index (κ3) is 2.55. The molecule has 111 valence electrons. The minimum Gasteiger partial charge on any atom is -0.631 e. The number of ether oxygens (including phenoxy) is 2. The van der Waals surface area contributed by atoms with Crippen LogP contribution >= 0.6 is 0 Å². The van der Waals surface area contributed by atoms with Gasteiger partial charge in [0, 0.05) is 6.42 Å². The van der Waals surface area contributed by atoms with E-state index in [9.17, 15) is 9.18 Å². The topological polar surface area (TPSA) is 115 Å². The van der Waals surface area contributed by atoms with Crippen LogP contribution in [0.5, 0.6) is 11.5 Å². The van der Waals surface area contributed by atoms with Gasteiger partial charge in [-0.3, -0.25) is 10.2 Å². The van der Waals surface area contributed by atoms with Gasteiger partial charge in [0.25, 0.3) is 0 Å². The quantitative estimate of drug-likeness (QED) is 0.625. The number of nitrogens with two attached hydrogens (primary N) is 1. The van der Waals surface area contributed by atoms with Gasteiger partial charge < -0.3 is 24.1 Å². The molecule has 1 aromatic rings. The van der Waals surface area contributed by atoms with Gasteiger partial charge in [-0.25, -0.2) is 0 Å². The van der Waals surface area contributed by atoms with E-state index in [0.717, 1.165) is 0 Å². The molecule has 2 rings (SSSR count). The number of carboxylic acid groups (broad SMARTS) is 1. The van der Waals surface area contributed by atoms with Crippen LogP contribution in [0, 0.1) is 11.2 Å². The molecule has 0 fully saturated rings. The Kier molecular flexibility index (Phi) is 4.37. The highest BCUT2D eigenvalue weighted by Crippen LogP contribution is 2.35. The summed E-state index contributed by atoms with van der Waals surface area (Å²) in [5.74, 6) is -2.44. The van der Waals surface area contributed by atoms with Crippen molar-refractivity contribution in [1.82, 2.24) is 0 Å². The minimum atomic E-state index is -1.20. The Hall–Kier alpha value is -1.82. The fraction of sp³-hybridized carbons (Fsp3) is 0.333. The van der Waals surface area contributed by atoms with Gasteiger partial charge in [-0.05, 0) is 5.56 Å². The van der Waals surface area contributed by atoms with E-state index in [2.05, 4.69) is 0 Å². The molecule has 1 aromatic carbocycles. The highest BCUT2D eigenvalue weighted by atomic mass is 27.1. The largest absolute Gasteiger partial charge is 0.631 e. The number of hydrogen-bond donors (Lipinski definition) is 3. The molecule has 0 aliphatic carbocycles. The van der Waals surface area contributed by atoms with E-state index in [1.165, 1.54) is 14.2 Å². The average molecular weight is 311 g/mol. The number of carboxylic acids is 1. The van der Waals surface area contributed by atoms with Crippen LogP contribution in [-0.2, 0) is 15.0 Å². The average Bonchev–Trinajstić information content (AvgIpc) is 2.81. The van der Waals surface area contributed by atoms with Crippen LogP contribution in [0.2, 0.25) is 0 Å². The predicted octanol–water partition coefficient (Wildman–Crippen LogP) is -0.603. The summed E-state index contributed by atoms with van der Waals surface area (Å²) in [5.41, 5.74) is 6.05. The smallest absolute Gasteiger partial charge is 0.572 e. The second-order valence-corrected chi connectivity index (χ2v) is 5.41. The van der Waals surface area contributed by atoms with Gasteiger partial charge in [0.1, 0.15) is 6.04 Å². The molecule has 1 atom stereocenters. The standard InChI is InChI=1S/C12H14FN2O5.Al/c1-19-9-5(4-7(14)12(17)18)3-6(11(15)16)10(20-2)8(9)13;/h7H,4,14H2,1-2H3,(H2,15,16)(H,17,18);/q;+1/p-1. The van der Waals surface area contributed by atoms with Crippen LogP contribution < -0.4 is 19.6 Å². The number of fused-ring (bicyclic) bond motifs is 1. The summed E-state index contributed by atoms with van der Waals surface area (Å²) in [5, 5.41) is 16.7. The lowest BCUT2D eigenvalue weighted by Crippen LogP contribution is -2.35. The summed E-state index contributed by atoms with van der Waals surface area (Å²) in [6.07, 6.45) is -0.120. The number of benzene rings is 1. The van der Waals surface area contributed by atoms with Gasteiger partial charge in [-0.2, -0.15) is 4.39 Å². The van der Waals surface area contributed by atoms with Crippen LogP contribution in [-0.4, -0.2) is 52.8 Å². The molecule has 0 saturated heterocycles. The zero-order chi connectivity index (χ0) is 15.7. The van der Waals surface area contributed by atoms with Crippen molar-refractivity contribution >= 4 is 31.8 Å². The van der Waals surface area contributed by atoms with Gasteiger partial charge in [0.05, 0.1) is 19.8 Å². The molecule has 0 saturated carbocycles. The summed E-state index contributed by atoms with van der Waals surface area (Å²) >= 11 is -0.791. The molecule has 1 heterocycles. The molecule has 0 bridgehead atoms. The highest BCUT2D eigenvalue weighted by molar-refractivity contribution is 6.57. The summed E-state index contributed by atoms with van der Waals surface area (Å²) in [7, 11) is 2.55. The van der Waals surface area contributed by atoms with E-state index in [4.69, 9.17) is 29.5 Å². The maximum atomic E-state index is 14.4. The van der Waals surface area contributed by atoms with Crippen LogP contribution in [0.15, 0.2) is 0 Å². The molecule has 0 aromatic heterocycles. The Morgan fingerprint density at radius 2 is 2.10 bits per heavy atom. The predicted molar refractivity (Wildman–Crippen MR) is 72.1 cm³/mol. The maximum absolute atomic E-state index is 14.4. The van der Waals surface area contributed by atoms with Crippen molar-refractivity contribution in [2.75, 3.05) is 14.2 Å². The molecule has 0 amide bonds. The molecule has 7 nitrogen and oxygen atoms in total. The van der Waals surface area contributed by atoms with Gasteiger partial charge >= 0.3 is 21.5 Å². The van der Waals surface area contributed by atoms with E-state index in [1.54, 1.807) is 0 Å². The number of halogens is 1. The lowest BCUT2D eigenvalue weighted by Gasteiger charge is -2.18. The number of methoxy groups -OCH3 is 2. The Bertz CT molecular complexity index is 622. The minimum absolute atomic E-state index is 0.117. The zero-order valence-electron chi connectivity index (χ0n) is 11.4. The maximum Gasteiger partial charge on any atom is 0.572 e. The molecular weight excluding hydrogens is 298 g/mol. The Labute approximate surface area is 126 Å². The lowest BCUT2D eigenvalue weighted by atomic mass is 10.0. The SMILES string of the molecule is COc1c(F)c(OC)c2[c](c1CC(N)C(=O)O)[Al][O]C2=N. The van der Waals surface area contributed by atoms with E-state index in [0.29, 0.717) is 9.99 Å². The third-order valence-corrected chi connectivity index (χ3v) is 4.39. The first-order valence-electron chi connectivity index (χ1n) is 5.95. The Morgan fingerprint density at radius 3 is 2.62 bits per heavy atom. The van der Waals surface area contributed by atoms with Crippen molar-refractivity contribution in [3.05, 3.63) is 16.9 Å². The molecule has 1 unspecified atom stereocenters. The van der Waals surface area contributed by atoms with Crippen molar-refractivity contribution in [2.45, 2.75) is 12.5 Å². The first-order valence-corrected chi connectivity index (χ1v) is 7.00. The fourth-order valence-corrected chi connectivity index (χ4v) is 3.31. The van der Waals surface area contributed by atoms with Crippen molar-refractivity contribution in [3.63, 3.8) is 0 Å². The second kappa shape index (κ2) is 5.89. The zero-order valence-corrected chi connectivity index (χ0v) is 12.6. The van der Waals surface area contributed by atoms with Crippen LogP contribution in [0.1, 0.15) is 11.1 Å². The second-order valence-electron chi connectivity index (χ2n) is 4.36. The lowest BCUT2D eigenvalue weighted by molar-refractivity contribution is -0.138. The molecule has 9 heteroatoms. The Morgan fingerprint density at radius 1 is 1.48 bits per heavy atom. The van der Waals surface area contributed by atoms with Crippen molar-refractivity contribution in [3.8, 4) is 11.5 Å². The molecule has 1 radical (unpaired) electrons. The molecule has 21 heavy (non-hydrogen) atoms. The normalized spacial score (nSPS) is 14.0. The summed E-state index contributed by atoms with van der Waals surface area (Å²) in [4.78, 5) is 10.9. The van der Waals surface area contributed by atoms with E-state index in [-0.39, 0.29) is 29.4 Å². The van der Waals surface area contributed by atoms with Crippen LogP contribution in [0.4, 0.5) is 4.39 Å². The van der Waals surface area contributed by atoms with Gasteiger partial charge in [-0.1, -0.05) is 4.43 Å². The summed E-state index contributed by atoms with van der Waals surface area (Å²) in [6.45, 7) is 0. The monoisotopic (exact) mass is 311 g/mol. The first kappa shape index (κ1) is 15.6. The van der Waals surface area contributed by atoms with Gasteiger partial charge in [0.15, 0.2) is 17.4 Å². The number of hydrogen-bond acceptors (Lipinski definition) is 6.